The monoisotopic (exact) mass is 308 g/mol. The number of rotatable bonds is 2. The lowest BCUT2D eigenvalue weighted by atomic mass is 10.2. The molecule has 0 saturated heterocycles. The van der Waals surface area contributed by atoms with Gasteiger partial charge in [-0.2, -0.15) is 4.31 Å². The second kappa shape index (κ2) is 4.96. The van der Waals surface area contributed by atoms with Crippen LogP contribution in [-0.2, 0) is 16.6 Å². The molecule has 21 heavy (non-hydrogen) atoms. The molecule has 4 nitrogen and oxygen atoms in total. The number of aromatic nitrogens is 1. The number of benzene rings is 1. The third-order valence-corrected chi connectivity index (χ3v) is 6.04. The Morgan fingerprint density at radius 3 is 2.43 bits per heavy atom. The normalized spacial score (nSPS) is 19.5. The Labute approximate surface area is 123 Å². The van der Waals surface area contributed by atoms with Gasteiger partial charge < -0.3 is 4.57 Å². The molecule has 1 atom stereocenters. The summed E-state index contributed by atoms with van der Waals surface area (Å²) >= 11 is 0. The van der Waals surface area contributed by atoms with E-state index in [9.17, 15) is 12.8 Å². The van der Waals surface area contributed by atoms with Crippen LogP contribution in [-0.4, -0.2) is 23.8 Å². The molecule has 0 N–H and O–H groups in total. The van der Waals surface area contributed by atoms with Gasteiger partial charge in [0.15, 0.2) is 0 Å². The number of hydrogen-bond donors (Lipinski definition) is 0. The summed E-state index contributed by atoms with van der Waals surface area (Å²) < 4.78 is 42.0. The van der Waals surface area contributed by atoms with Gasteiger partial charge in [0.2, 0.25) is 10.0 Å². The van der Waals surface area contributed by atoms with E-state index in [1.165, 1.54) is 28.6 Å². The highest BCUT2D eigenvalue weighted by molar-refractivity contribution is 7.89. The minimum Gasteiger partial charge on any atom is -0.346 e. The number of nitrogens with zero attached hydrogens (tertiary/aromatic N) is 2. The highest BCUT2D eigenvalue weighted by Crippen LogP contribution is 2.32. The van der Waals surface area contributed by atoms with E-state index < -0.39 is 15.8 Å². The standard InChI is InChI=1S/C15H17FN2O2S/c1-11-3-8-15-12(2)18(10-9-17(11)15)21(19,20)14-6-4-13(16)5-7-14/h3-8,12H,9-10H2,1-2H3/t12-/m0/s1. The van der Waals surface area contributed by atoms with Gasteiger partial charge in [0.05, 0.1) is 10.9 Å². The van der Waals surface area contributed by atoms with E-state index in [0.717, 1.165) is 11.4 Å². The maximum absolute atomic E-state index is 13.0. The van der Waals surface area contributed by atoms with E-state index in [0.29, 0.717) is 13.1 Å². The average molecular weight is 308 g/mol. The van der Waals surface area contributed by atoms with Gasteiger partial charge in [-0.25, -0.2) is 12.8 Å². The van der Waals surface area contributed by atoms with Crippen LogP contribution in [0.5, 0.6) is 0 Å². The lowest BCUT2D eigenvalue weighted by Crippen LogP contribution is -2.40. The van der Waals surface area contributed by atoms with Gasteiger partial charge in [0, 0.05) is 24.5 Å². The first kappa shape index (κ1) is 14.3. The van der Waals surface area contributed by atoms with Gasteiger partial charge in [0.25, 0.3) is 0 Å². The van der Waals surface area contributed by atoms with Crippen LogP contribution in [0.1, 0.15) is 24.4 Å². The largest absolute Gasteiger partial charge is 0.346 e. The van der Waals surface area contributed by atoms with Crippen molar-refractivity contribution in [3.8, 4) is 0 Å². The molecular formula is C15H17FN2O2S. The van der Waals surface area contributed by atoms with Crippen LogP contribution in [0.4, 0.5) is 4.39 Å². The van der Waals surface area contributed by atoms with Crippen LogP contribution in [0.3, 0.4) is 0 Å². The van der Waals surface area contributed by atoms with Gasteiger partial charge in [0.1, 0.15) is 5.82 Å². The third-order valence-electron chi connectivity index (χ3n) is 4.06. The summed E-state index contributed by atoms with van der Waals surface area (Å²) in [5.41, 5.74) is 2.13. The van der Waals surface area contributed by atoms with E-state index >= 15 is 0 Å². The zero-order valence-corrected chi connectivity index (χ0v) is 12.8. The van der Waals surface area contributed by atoms with Crippen molar-refractivity contribution in [3.05, 3.63) is 53.6 Å². The predicted molar refractivity (Wildman–Crippen MR) is 77.9 cm³/mol. The Morgan fingerprint density at radius 1 is 1.10 bits per heavy atom. The molecule has 0 fully saturated rings. The van der Waals surface area contributed by atoms with E-state index in [1.807, 2.05) is 26.0 Å². The van der Waals surface area contributed by atoms with Crippen molar-refractivity contribution >= 4 is 10.0 Å². The smallest absolute Gasteiger partial charge is 0.243 e. The molecule has 0 amide bonds. The summed E-state index contributed by atoms with van der Waals surface area (Å²) in [6.07, 6.45) is 0. The molecule has 0 aliphatic carbocycles. The fourth-order valence-corrected chi connectivity index (χ4v) is 4.47. The molecule has 112 valence electrons. The van der Waals surface area contributed by atoms with Gasteiger partial charge in [-0.3, -0.25) is 0 Å². The Kier molecular flexibility index (Phi) is 3.37. The Balaban J connectivity index is 1.99. The van der Waals surface area contributed by atoms with Gasteiger partial charge in [-0.1, -0.05) is 0 Å². The minimum absolute atomic E-state index is 0.132. The zero-order valence-electron chi connectivity index (χ0n) is 12.0. The van der Waals surface area contributed by atoms with Crippen molar-refractivity contribution in [2.45, 2.75) is 31.3 Å². The fraction of sp³-hybridized carbons (Fsp3) is 0.333. The highest BCUT2D eigenvalue weighted by atomic mass is 32.2. The second-order valence-electron chi connectivity index (χ2n) is 5.30. The zero-order chi connectivity index (χ0) is 15.2. The van der Waals surface area contributed by atoms with Crippen LogP contribution >= 0.6 is 0 Å². The summed E-state index contributed by atoms with van der Waals surface area (Å²) in [5, 5.41) is 0. The quantitative estimate of drug-likeness (QED) is 0.856. The van der Waals surface area contributed by atoms with Crippen molar-refractivity contribution in [3.63, 3.8) is 0 Å². The molecule has 1 aromatic heterocycles. The molecule has 6 heteroatoms. The van der Waals surface area contributed by atoms with E-state index in [2.05, 4.69) is 4.57 Å². The molecule has 0 radical (unpaired) electrons. The maximum atomic E-state index is 13.0. The van der Waals surface area contributed by atoms with Crippen LogP contribution in [0.2, 0.25) is 0 Å². The molecule has 0 saturated carbocycles. The first-order valence-corrected chi connectivity index (χ1v) is 8.29. The minimum atomic E-state index is -3.61. The molecule has 0 unspecified atom stereocenters. The topological polar surface area (TPSA) is 42.3 Å². The number of fused-ring (bicyclic) bond motifs is 1. The molecule has 2 heterocycles. The van der Waals surface area contributed by atoms with Crippen molar-refractivity contribution in [2.24, 2.45) is 0 Å². The summed E-state index contributed by atoms with van der Waals surface area (Å²) in [6.45, 7) is 4.95. The Bertz CT molecular complexity index is 765. The highest BCUT2D eigenvalue weighted by Gasteiger charge is 2.34. The summed E-state index contributed by atoms with van der Waals surface area (Å²) in [6, 6.07) is 8.71. The molecule has 1 aromatic carbocycles. The summed E-state index contributed by atoms with van der Waals surface area (Å²) in [5.74, 6) is -0.440. The molecule has 1 aliphatic heterocycles. The van der Waals surface area contributed by atoms with E-state index in [-0.39, 0.29) is 10.9 Å². The van der Waals surface area contributed by atoms with Gasteiger partial charge in [-0.05, 0) is 50.2 Å². The van der Waals surface area contributed by atoms with Gasteiger partial charge >= 0.3 is 0 Å². The summed E-state index contributed by atoms with van der Waals surface area (Å²) in [4.78, 5) is 0.132. The van der Waals surface area contributed by atoms with Crippen LogP contribution in [0.15, 0.2) is 41.3 Å². The predicted octanol–water partition coefficient (Wildman–Crippen LogP) is 2.70. The average Bonchev–Trinajstić information content (AvgIpc) is 2.82. The van der Waals surface area contributed by atoms with Gasteiger partial charge in [-0.15, -0.1) is 0 Å². The molecule has 0 bridgehead atoms. The van der Waals surface area contributed by atoms with Crippen molar-refractivity contribution in [2.75, 3.05) is 6.54 Å². The van der Waals surface area contributed by atoms with Crippen LogP contribution in [0, 0.1) is 12.7 Å². The number of halogens is 1. The molecule has 3 rings (SSSR count). The van der Waals surface area contributed by atoms with Crippen LogP contribution in [0.25, 0.3) is 0 Å². The van der Waals surface area contributed by atoms with E-state index in [4.69, 9.17) is 0 Å². The number of hydrogen-bond acceptors (Lipinski definition) is 2. The third kappa shape index (κ3) is 2.28. The molecule has 2 aromatic rings. The second-order valence-corrected chi connectivity index (χ2v) is 7.19. The SMILES string of the molecule is Cc1ccc2n1CCN(S(=O)(=O)c1ccc(F)cc1)[C@H]2C. The summed E-state index contributed by atoms with van der Waals surface area (Å²) in [7, 11) is -3.61. The fourth-order valence-electron chi connectivity index (χ4n) is 2.87. The lowest BCUT2D eigenvalue weighted by molar-refractivity contribution is 0.280. The van der Waals surface area contributed by atoms with Crippen molar-refractivity contribution in [1.82, 2.24) is 8.87 Å². The first-order valence-electron chi connectivity index (χ1n) is 6.84. The lowest BCUT2D eigenvalue weighted by Gasteiger charge is -2.34. The van der Waals surface area contributed by atoms with Crippen molar-refractivity contribution in [1.29, 1.82) is 0 Å². The Hall–Kier alpha value is -1.66. The first-order chi connectivity index (χ1) is 9.91. The molecular weight excluding hydrogens is 291 g/mol. The molecule has 1 aliphatic rings. The molecule has 0 spiro atoms. The van der Waals surface area contributed by atoms with E-state index in [1.54, 1.807) is 0 Å². The maximum Gasteiger partial charge on any atom is 0.243 e. The number of aryl methyl sites for hydroxylation is 1. The van der Waals surface area contributed by atoms with Crippen molar-refractivity contribution < 1.29 is 12.8 Å². The Morgan fingerprint density at radius 2 is 1.76 bits per heavy atom. The number of sulfonamides is 1. The van der Waals surface area contributed by atoms with Crippen LogP contribution < -0.4 is 0 Å².